The van der Waals surface area contributed by atoms with E-state index in [1.54, 1.807) is 14.0 Å². The molecule has 0 saturated carbocycles. The van der Waals surface area contributed by atoms with E-state index in [-0.39, 0.29) is 12.5 Å². The summed E-state index contributed by atoms with van der Waals surface area (Å²) < 4.78 is 4.83. The molecule has 0 spiro atoms. The van der Waals surface area contributed by atoms with Gasteiger partial charge in [0.2, 0.25) is 5.91 Å². The average molecular weight is 314 g/mol. The lowest BCUT2D eigenvalue weighted by molar-refractivity contribution is -0.121. The van der Waals surface area contributed by atoms with E-state index in [0.29, 0.717) is 13.2 Å². The van der Waals surface area contributed by atoms with Gasteiger partial charge in [-0.15, -0.1) is 0 Å². The lowest BCUT2D eigenvalue weighted by atomic mass is 10.1. The molecule has 0 aliphatic heterocycles. The minimum atomic E-state index is -0.489. The molecule has 0 aliphatic rings. The first-order valence-electron chi connectivity index (χ1n) is 7.72. The van der Waals surface area contributed by atoms with E-state index in [9.17, 15) is 9.59 Å². The molecule has 0 fully saturated rings. The van der Waals surface area contributed by atoms with Crippen molar-refractivity contribution in [3.8, 4) is 0 Å². The van der Waals surface area contributed by atoms with Gasteiger partial charge >= 0.3 is 6.09 Å². The smallest absolute Gasteiger partial charge is 0.409 e. The third-order valence-electron chi connectivity index (χ3n) is 3.51. The summed E-state index contributed by atoms with van der Waals surface area (Å²) in [7, 11) is 1.54. The first-order valence-corrected chi connectivity index (χ1v) is 7.72. The van der Waals surface area contributed by atoms with Crippen LogP contribution < -0.4 is 5.32 Å². The monoisotopic (exact) mass is 314 g/mol. The van der Waals surface area contributed by atoms with Crippen LogP contribution >= 0.6 is 0 Å². The molecule has 122 valence electrons. The summed E-state index contributed by atoms with van der Waals surface area (Å²) in [6.45, 7) is 2.56. The molecule has 0 unspecified atom stereocenters. The first kappa shape index (κ1) is 16.8. The van der Waals surface area contributed by atoms with Crippen molar-refractivity contribution in [3.05, 3.63) is 48.0 Å². The van der Waals surface area contributed by atoms with Crippen molar-refractivity contribution in [2.24, 2.45) is 0 Å². The Hall–Kier alpha value is -2.56. The fourth-order valence-corrected chi connectivity index (χ4v) is 2.31. The SMILES string of the molecule is CCOC(=O)N(C)CC(=O)NCCc1ccc2ccccc2c1. The van der Waals surface area contributed by atoms with Crippen LogP contribution in [-0.2, 0) is 16.0 Å². The summed E-state index contributed by atoms with van der Waals surface area (Å²) in [5, 5.41) is 5.22. The second-order valence-corrected chi connectivity index (χ2v) is 5.34. The van der Waals surface area contributed by atoms with E-state index in [1.165, 1.54) is 21.2 Å². The van der Waals surface area contributed by atoms with Crippen LogP contribution in [0.15, 0.2) is 42.5 Å². The van der Waals surface area contributed by atoms with Gasteiger partial charge in [-0.25, -0.2) is 4.79 Å². The van der Waals surface area contributed by atoms with Gasteiger partial charge in [-0.05, 0) is 29.7 Å². The van der Waals surface area contributed by atoms with Gasteiger partial charge < -0.3 is 15.0 Å². The number of carbonyl (C=O) groups excluding carboxylic acids is 2. The van der Waals surface area contributed by atoms with Crippen LogP contribution in [0.1, 0.15) is 12.5 Å². The standard InChI is InChI=1S/C18H22N2O3/c1-3-23-18(22)20(2)13-17(21)19-11-10-14-8-9-15-6-4-5-7-16(15)12-14/h4-9,12H,3,10-11,13H2,1-2H3,(H,19,21). The second-order valence-electron chi connectivity index (χ2n) is 5.34. The highest BCUT2D eigenvalue weighted by molar-refractivity contribution is 5.83. The zero-order chi connectivity index (χ0) is 16.7. The fourth-order valence-electron chi connectivity index (χ4n) is 2.31. The average Bonchev–Trinajstić information content (AvgIpc) is 2.55. The molecule has 0 bridgehead atoms. The molecule has 5 nitrogen and oxygen atoms in total. The number of hydrogen-bond acceptors (Lipinski definition) is 3. The minimum absolute atomic E-state index is 0.00342. The number of amides is 2. The van der Waals surface area contributed by atoms with Crippen molar-refractivity contribution in [1.29, 1.82) is 0 Å². The number of nitrogens with one attached hydrogen (secondary N) is 1. The lowest BCUT2D eigenvalue weighted by Gasteiger charge is -2.15. The zero-order valence-corrected chi connectivity index (χ0v) is 13.5. The van der Waals surface area contributed by atoms with Gasteiger partial charge in [-0.1, -0.05) is 42.5 Å². The Bertz CT molecular complexity index is 685. The molecular weight excluding hydrogens is 292 g/mol. The lowest BCUT2D eigenvalue weighted by Crippen LogP contribution is -2.39. The van der Waals surface area contributed by atoms with Gasteiger partial charge in [0.1, 0.15) is 6.54 Å². The number of nitrogens with zero attached hydrogens (tertiary/aromatic N) is 1. The Balaban J connectivity index is 1.79. The van der Waals surface area contributed by atoms with Crippen molar-refractivity contribution in [3.63, 3.8) is 0 Å². The summed E-state index contributed by atoms with van der Waals surface area (Å²) in [6, 6.07) is 14.5. The number of hydrogen-bond donors (Lipinski definition) is 1. The third kappa shape index (κ3) is 4.98. The second kappa shape index (κ2) is 8.17. The van der Waals surface area contributed by atoms with Gasteiger partial charge in [-0.3, -0.25) is 4.79 Å². The maximum absolute atomic E-state index is 11.8. The van der Waals surface area contributed by atoms with Crippen LogP contribution in [0.25, 0.3) is 10.8 Å². The molecule has 0 radical (unpaired) electrons. The Morgan fingerprint density at radius 1 is 1.13 bits per heavy atom. The maximum atomic E-state index is 11.8. The molecule has 23 heavy (non-hydrogen) atoms. The van der Waals surface area contributed by atoms with E-state index in [4.69, 9.17) is 4.74 Å². The summed E-state index contributed by atoms with van der Waals surface area (Å²) in [4.78, 5) is 24.5. The van der Waals surface area contributed by atoms with Crippen LogP contribution in [0.2, 0.25) is 0 Å². The first-order chi connectivity index (χ1) is 11.1. The molecule has 0 heterocycles. The van der Waals surface area contributed by atoms with Gasteiger partial charge in [-0.2, -0.15) is 0 Å². The van der Waals surface area contributed by atoms with Crippen LogP contribution in [0, 0.1) is 0 Å². The molecule has 2 amide bonds. The number of rotatable bonds is 6. The van der Waals surface area contributed by atoms with E-state index in [1.807, 2.05) is 12.1 Å². The van der Waals surface area contributed by atoms with Crippen molar-refractivity contribution in [1.82, 2.24) is 10.2 Å². The molecule has 2 aromatic carbocycles. The molecule has 0 saturated heterocycles. The van der Waals surface area contributed by atoms with Gasteiger partial charge in [0.05, 0.1) is 6.61 Å². The number of likely N-dealkylation sites (N-methyl/N-ethyl adjacent to an activating group) is 1. The summed E-state index contributed by atoms with van der Waals surface area (Å²) >= 11 is 0. The summed E-state index contributed by atoms with van der Waals surface area (Å²) in [6.07, 6.45) is 0.261. The quantitative estimate of drug-likeness (QED) is 0.891. The van der Waals surface area contributed by atoms with Crippen molar-refractivity contribution in [2.45, 2.75) is 13.3 Å². The zero-order valence-electron chi connectivity index (χ0n) is 13.5. The van der Waals surface area contributed by atoms with E-state index in [2.05, 4.69) is 35.6 Å². The molecule has 1 N–H and O–H groups in total. The van der Waals surface area contributed by atoms with Crippen LogP contribution in [0.5, 0.6) is 0 Å². The number of fused-ring (bicyclic) bond motifs is 1. The summed E-state index contributed by atoms with van der Waals surface area (Å²) in [5.41, 5.74) is 1.17. The molecule has 2 rings (SSSR count). The normalized spacial score (nSPS) is 10.3. The predicted molar refractivity (Wildman–Crippen MR) is 90.3 cm³/mol. The van der Waals surface area contributed by atoms with Crippen molar-refractivity contribution in [2.75, 3.05) is 26.7 Å². The minimum Gasteiger partial charge on any atom is -0.450 e. The molecule has 2 aromatic rings. The van der Waals surface area contributed by atoms with Gasteiger partial charge in [0.25, 0.3) is 0 Å². The van der Waals surface area contributed by atoms with Crippen LogP contribution in [0.4, 0.5) is 4.79 Å². The highest BCUT2D eigenvalue weighted by Gasteiger charge is 2.12. The molecule has 0 atom stereocenters. The largest absolute Gasteiger partial charge is 0.450 e. The number of ether oxygens (including phenoxy) is 1. The van der Waals surface area contributed by atoms with Gasteiger partial charge in [0.15, 0.2) is 0 Å². The van der Waals surface area contributed by atoms with Crippen molar-refractivity contribution < 1.29 is 14.3 Å². The van der Waals surface area contributed by atoms with Gasteiger partial charge in [0, 0.05) is 13.6 Å². The Morgan fingerprint density at radius 2 is 1.87 bits per heavy atom. The fraction of sp³-hybridized carbons (Fsp3) is 0.333. The number of benzene rings is 2. The maximum Gasteiger partial charge on any atom is 0.409 e. The predicted octanol–water partition coefficient (Wildman–Crippen LogP) is 2.59. The topological polar surface area (TPSA) is 58.6 Å². The highest BCUT2D eigenvalue weighted by atomic mass is 16.6. The Morgan fingerprint density at radius 3 is 2.61 bits per heavy atom. The number of carbonyl (C=O) groups is 2. The molecule has 0 aromatic heterocycles. The Labute approximate surface area is 136 Å². The molecular formula is C18H22N2O3. The van der Waals surface area contributed by atoms with Crippen LogP contribution in [-0.4, -0.2) is 43.6 Å². The molecule has 5 heteroatoms. The van der Waals surface area contributed by atoms with E-state index in [0.717, 1.165) is 6.42 Å². The van der Waals surface area contributed by atoms with E-state index >= 15 is 0 Å². The highest BCUT2D eigenvalue weighted by Crippen LogP contribution is 2.15. The van der Waals surface area contributed by atoms with Crippen molar-refractivity contribution >= 4 is 22.8 Å². The Kier molecular flexibility index (Phi) is 5.97. The van der Waals surface area contributed by atoms with E-state index < -0.39 is 6.09 Å². The summed E-state index contributed by atoms with van der Waals surface area (Å²) in [5.74, 6) is -0.193. The van der Waals surface area contributed by atoms with Crippen LogP contribution in [0.3, 0.4) is 0 Å². The molecule has 0 aliphatic carbocycles. The third-order valence-corrected chi connectivity index (χ3v) is 3.51.